The summed E-state index contributed by atoms with van der Waals surface area (Å²) in [5.74, 6) is 0.966. The summed E-state index contributed by atoms with van der Waals surface area (Å²) in [5, 5.41) is -0.146. The molecule has 3 aromatic carbocycles. The average Bonchev–Trinajstić information content (AvgIpc) is 3.18. The number of fused-ring (bicyclic) bond motifs is 6. The summed E-state index contributed by atoms with van der Waals surface area (Å²) in [6.07, 6.45) is 0. The summed E-state index contributed by atoms with van der Waals surface area (Å²) >= 11 is 5.06. The summed E-state index contributed by atoms with van der Waals surface area (Å²) in [7, 11) is 0. The van der Waals surface area contributed by atoms with Crippen LogP contribution in [-0.2, 0) is 5.54 Å². The first-order valence-corrected chi connectivity index (χ1v) is 13.8. The van der Waals surface area contributed by atoms with Crippen molar-refractivity contribution in [3.8, 4) is 11.5 Å². The number of nitrogens with two attached hydrogens (primary N) is 2. The van der Waals surface area contributed by atoms with Gasteiger partial charge in [-0.2, -0.15) is 4.99 Å². The zero-order valence-electron chi connectivity index (χ0n) is 22.8. The molecule has 0 saturated heterocycles. The van der Waals surface area contributed by atoms with Gasteiger partial charge in [0.15, 0.2) is 5.11 Å². The van der Waals surface area contributed by atoms with Crippen LogP contribution in [-0.4, -0.2) is 48.1 Å². The van der Waals surface area contributed by atoms with Gasteiger partial charge in [0.2, 0.25) is 5.96 Å². The molecule has 0 bridgehead atoms. The first kappa shape index (κ1) is 26.5. The molecule has 0 saturated carbocycles. The van der Waals surface area contributed by atoms with Crippen molar-refractivity contribution < 1.29 is 9.53 Å². The summed E-state index contributed by atoms with van der Waals surface area (Å²) in [4.78, 5) is 24.3. The number of aliphatic imine (C=N–C) groups is 1. The molecule has 0 aromatic heterocycles. The predicted molar refractivity (Wildman–Crippen MR) is 161 cm³/mol. The van der Waals surface area contributed by atoms with Crippen molar-refractivity contribution in [1.29, 1.82) is 0 Å². The first-order valence-electron chi connectivity index (χ1n) is 13.4. The fourth-order valence-electron chi connectivity index (χ4n) is 5.97. The van der Waals surface area contributed by atoms with E-state index in [9.17, 15) is 4.79 Å². The first-order chi connectivity index (χ1) is 18.8. The number of nitrogens with zero attached hydrogens (tertiary/aromatic N) is 4. The molecular formula is C30H34N6O2S. The van der Waals surface area contributed by atoms with Crippen LogP contribution in [0.25, 0.3) is 0 Å². The van der Waals surface area contributed by atoms with Crippen molar-refractivity contribution in [1.82, 2.24) is 4.90 Å². The van der Waals surface area contributed by atoms with E-state index in [4.69, 9.17) is 28.4 Å². The van der Waals surface area contributed by atoms with Gasteiger partial charge in [-0.05, 0) is 58.1 Å². The molecule has 1 spiro atoms. The molecule has 9 heteroatoms. The smallest absolute Gasteiger partial charge is 0.262 e. The van der Waals surface area contributed by atoms with Gasteiger partial charge in [-0.1, -0.05) is 30.3 Å². The Morgan fingerprint density at radius 1 is 0.846 bits per heavy atom. The highest BCUT2D eigenvalue weighted by Crippen LogP contribution is 2.58. The lowest BCUT2D eigenvalue weighted by molar-refractivity contribution is 0.0803. The van der Waals surface area contributed by atoms with Gasteiger partial charge in [0.05, 0.1) is 0 Å². The third-order valence-electron chi connectivity index (χ3n) is 7.73. The minimum absolute atomic E-state index is 0.0665. The van der Waals surface area contributed by atoms with Crippen molar-refractivity contribution in [3.05, 3.63) is 82.9 Å². The minimum Gasteiger partial charge on any atom is -0.456 e. The standard InChI is InChI=1S/C30H34N6O2S/c1-5-34(6-2)19-13-15-23-25(17-19)38-26-18-20(35(7-3)8-4)14-16-24(26)30(23)22-12-10-9-11-21(22)27(37)36(30)28(31)33-29(32)39/h9-18H,5-8H2,1-4H3,(H4,31,32,33,39). The number of guanidine groups is 1. The monoisotopic (exact) mass is 542 g/mol. The van der Waals surface area contributed by atoms with Gasteiger partial charge in [0, 0.05) is 71.9 Å². The van der Waals surface area contributed by atoms with E-state index in [0.717, 1.165) is 54.2 Å². The van der Waals surface area contributed by atoms with Gasteiger partial charge in [-0.15, -0.1) is 0 Å². The quantitative estimate of drug-likeness (QED) is 0.262. The van der Waals surface area contributed by atoms with Gasteiger partial charge in [-0.25, -0.2) is 0 Å². The van der Waals surface area contributed by atoms with Crippen LogP contribution >= 0.6 is 12.2 Å². The highest BCUT2D eigenvalue weighted by Gasteiger charge is 2.57. The topological polar surface area (TPSA) is 100 Å². The Kier molecular flexibility index (Phi) is 6.94. The van der Waals surface area contributed by atoms with Crippen molar-refractivity contribution in [2.75, 3.05) is 36.0 Å². The molecule has 0 fully saturated rings. The van der Waals surface area contributed by atoms with E-state index in [1.165, 1.54) is 4.90 Å². The molecule has 2 aliphatic rings. The third-order valence-corrected chi connectivity index (χ3v) is 7.82. The fraction of sp³-hybridized carbons (Fsp3) is 0.300. The lowest BCUT2D eigenvalue weighted by Crippen LogP contribution is -2.53. The Balaban J connectivity index is 1.88. The molecule has 3 aromatic rings. The molecule has 2 heterocycles. The number of thiocarbonyl (C=S) groups is 1. The second kappa shape index (κ2) is 10.2. The number of carbonyl (C=O) groups is 1. The number of hydrogen-bond acceptors (Lipinski definition) is 5. The minimum atomic E-state index is -1.13. The summed E-state index contributed by atoms with van der Waals surface area (Å²) < 4.78 is 6.66. The normalized spacial score (nSPS) is 14.9. The molecule has 0 atom stereocenters. The van der Waals surface area contributed by atoms with E-state index in [2.05, 4.69) is 54.6 Å². The highest BCUT2D eigenvalue weighted by atomic mass is 32.1. The third kappa shape index (κ3) is 3.99. The van der Waals surface area contributed by atoms with Crippen molar-refractivity contribution in [2.24, 2.45) is 16.5 Å². The summed E-state index contributed by atoms with van der Waals surface area (Å²) in [6, 6.07) is 19.8. The van der Waals surface area contributed by atoms with E-state index in [-0.39, 0.29) is 17.0 Å². The molecule has 2 aliphatic heterocycles. The Morgan fingerprint density at radius 2 is 1.36 bits per heavy atom. The molecule has 8 nitrogen and oxygen atoms in total. The summed E-state index contributed by atoms with van der Waals surface area (Å²) in [6.45, 7) is 11.9. The van der Waals surface area contributed by atoms with Crippen LogP contribution in [0.15, 0.2) is 65.7 Å². The zero-order chi connectivity index (χ0) is 27.9. The van der Waals surface area contributed by atoms with Crippen LogP contribution in [0, 0.1) is 0 Å². The van der Waals surface area contributed by atoms with Gasteiger partial charge >= 0.3 is 0 Å². The van der Waals surface area contributed by atoms with E-state index in [1.54, 1.807) is 0 Å². The number of rotatable bonds is 6. The lowest BCUT2D eigenvalue weighted by Gasteiger charge is -2.44. The number of benzene rings is 3. The maximum absolute atomic E-state index is 14.1. The van der Waals surface area contributed by atoms with Gasteiger partial charge in [-0.3, -0.25) is 9.69 Å². The van der Waals surface area contributed by atoms with Crippen LogP contribution in [0.3, 0.4) is 0 Å². The molecular weight excluding hydrogens is 508 g/mol. The Bertz CT molecular complexity index is 1420. The Morgan fingerprint density at radius 3 is 1.85 bits per heavy atom. The molecule has 4 N–H and O–H groups in total. The van der Waals surface area contributed by atoms with Crippen LogP contribution in [0.4, 0.5) is 11.4 Å². The Hall–Kier alpha value is -4.11. The van der Waals surface area contributed by atoms with Crippen LogP contribution in [0.2, 0.25) is 0 Å². The van der Waals surface area contributed by atoms with E-state index in [0.29, 0.717) is 17.1 Å². The molecule has 0 radical (unpaired) electrons. The number of amides is 1. The second-order valence-electron chi connectivity index (χ2n) is 9.51. The van der Waals surface area contributed by atoms with Crippen LogP contribution < -0.4 is 26.0 Å². The number of carbonyl (C=O) groups excluding carboxylic acids is 1. The predicted octanol–water partition coefficient (Wildman–Crippen LogP) is 4.79. The molecule has 1 amide bonds. The SMILES string of the molecule is CCN(CC)c1ccc2c(c1)Oc1cc(N(CC)CC)ccc1C21c2ccccc2C(=O)N1C(N)=NC(N)=S. The maximum atomic E-state index is 14.1. The molecule has 5 rings (SSSR count). The lowest BCUT2D eigenvalue weighted by atomic mass is 9.74. The molecule has 0 unspecified atom stereocenters. The highest BCUT2D eigenvalue weighted by molar-refractivity contribution is 7.80. The van der Waals surface area contributed by atoms with E-state index >= 15 is 0 Å². The van der Waals surface area contributed by atoms with Crippen molar-refractivity contribution in [3.63, 3.8) is 0 Å². The van der Waals surface area contributed by atoms with Crippen molar-refractivity contribution >= 4 is 40.6 Å². The van der Waals surface area contributed by atoms with Crippen molar-refractivity contribution in [2.45, 2.75) is 33.2 Å². The zero-order valence-corrected chi connectivity index (χ0v) is 23.6. The molecule has 202 valence electrons. The van der Waals surface area contributed by atoms with Gasteiger partial charge < -0.3 is 26.0 Å². The molecule has 39 heavy (non-hydrogen) atoms. The van der Waals surface area contributed by atoms with Gasteiger partial charge in [0.25, 0.3) is 5.91 Å². The van der Waals surface area contributed by atoms with Crippen LogP contribution in [0.1, 0.15) is 54.7 Å². The Labute approximate surface area is 234 Å². The number of anilines is 2. The van der Waals surface area contributed by atoms with Gasteiger partial charge in [0.1, 0.15) is 17.0 Å². The largest absolute Gasteiger partial charge is 0.456 e. The maximum Gasteiger partial charge on any atom is 0.262 e. The second-order valence-corrected chi connectivity index (χ2v) is 9.93. The fourth-order valence-corrected chi connectivity index (χ4v) is 6.06. The average molecular weight is 543 g/mol. The van der Waals surface area contributed by atoms with Crippen LogP contribution in [0.5, 0.6) is 11.5 Å². The van der Waals surface area contributed by atoms with E-state index < -0.39 is 5.54 Å². The number of hydrogen-bond donors (Lipinski definition) is 2. The summed E-state index contributed by atoms with van der Waals surface area (Å²) in [5.41, 5.74) is 16.2. The molecule has 0 aliphatic carbocycles. The van der Waals surface area contributed by atoms with E-state index in [1.807, 2.05) is 48.5 Å². The number of ether oxygens (including phenoxy) is 1.